The number of aromatic amines is 1. The van der Waals surface area contributed by atoms with E-state index in [0.29, 0.717) is 0 Å². The van der Waals surface area contributed by atoms with Crippen molar-refractivity contribution in [2.24, 2.45) is 0 Å². The monoisotopic (exact) mass is 194 g/mol. The Morgan fingerprint density at radius 1 is 1.43 bits per heavy atom. The van der Waals surface area contributed by atoms with E-state index in [0.717, 1.165) is 44.0 Å². The van der Waals surface area contributed by atoms with Crippen molar-refractivity contribution in [3.63, 3.8) is 0 Å². The number of nitrogens with zero attached hydrogens (tertiary/aromatic N) is 2. The molecule has 0 saturated carbocycles. The number of rotatable bonds is 3. The maximum atomic E-state index is 4.55. The van der Waals surface area contributed by atoms with Crippen LogP contribution in [0.25, 0.3) is 0 Å². The lowest BCUT2D eigenvalue weighted by atomic mass is 9.83. The van der Waals surface area contributed by atoms with Gasteiger partial charge in [-0.05, 0) is 19.4 Å². The molecule has 1 aliphatic heterocycles. The number of aromatic nitrogens is 3. The summed E-state index contributed by atoms with van der Waals surface area (Å²) < 4.78 is 0. The molecule has 1 aliphatic rings. The van der Waals surface area contributed by atoms with E-state index in [-0.39, 0.29) is 5.41 Å². The van der Waals surface area contributed by atoms with Gasteiger partial charge in [0.05, 0.1) is 0 Å². The minimum atomic E-state index is 0.184. The Morgan fingerprint density at radius 3 is 2.79 bits per heavy atom. The summed E-state index contributed by atoms with van der Waals surface area (Å²) in [7, 11) is 0. The summed E-state index contributed by atoms with van der Waals surface area (Å²) >= 11 is 0. The van der Waals surface area contributed by atoms with Crippen LogP contribution in [0.2, 0.25) is 0 Å². The van der Waals surface area contributed by atoms with E-state index >= 15 is 0 Å². The van der Waals surface area contributed by atoms with Crippen LogP contribution in [0.3, 0.4) is 0 Å². The maximum absolute atomic E-state index is 4.55. The van der Waals surface area contributed by atoms with Crippen LogP contribution in [0, 0.1) is 0 Å². The van der Waals surface area contributed by atoms with Gasteiger partial charge in [0.25, 0.3) is 0 Å². The first-order chi connectivity index (χ1) is 6.80. The summed E-state index contributed by atoms with van der Waals surface area (Å²) in [6.45, 7) is 6.42. The molecule has 0 spiro atoms. The Kier molecular flexibility index (Phi) is 2.54. The Bertz CT molecular complexity index is 299. The zero-order chi connectivity index (χ0) is 10.0. The van der Waals surface area contributed by atoms with Gasteiger partial charge >= 0.3 is 0 Å². The molecule has 14 heavy (non-hydrogen) atoms. The first kappa shape index (κ1) is 9.65. The molecule has 1 aromatic heterocycles. The van der Waals surface area contributed by atoms with Crippen LogP contribution in [0.5, 0.6) is 0 Å². The third-order valence-electron chi connectivity index (χ3n) is 3.26. The molecule has 2 rings (SSSR count). The molecule has 0 bridgehead atoms. The highest BCUT2D eigenvalue weighted by molar-refractivity contribution is 5.12. The molecule has 4 nitrogen and oxygen atoms in total. The normalized spacial score (nSPS) is 27.0. The Morgan fingerprint density at radius 2 is 2.29 bits per heavy atom. The summed E-state index contributed by atoms with van der Waals surface area (Å²) in [5.74, 6) is 2.00. The molecule has 78 valence electrons. The fourth-order valence-corrected chi connectivity index (χ4v) is 2.09. The van der Waals surface area contributed by atoms with E-state index in [1.165, 1.54) is 0 Å². The van der Waals surface area contributed by atoms with E-state index in [2.05, 4.69) is 34.3 Å². The predicted octanol–water partition coefficient (Wildman–Crippen LogP) is 1.01. The third kappa shape index (κ3) is 1.43. The van der Waals surface area contributed by atoms with Crippen molar-refractivity contribution in [1.29, 1.82) is 0 Å². The molecule has 1 saturated heterocycles. The zero-order valence-electron chi connectivity index (χ0n) is 8.93. The third-order valence-corrected chi connectivity index (χ3v) is 3.26. The average Bonchev–Trinajstić information content (AvgIpc) is 2.87. The lowest BCUT2D eigenvalue weighted by Crippen LogP contribution is -2.29. The molecule has 1 unspecified atom stereocenters. The van der Waals surface area contributed by atoms with Gasteiger partial charge < -0.3 is 5.32 Å². The van der Waals surface area contributed by atoms with Gasteiger partial charge in [-0.1, -0.05) is 13.8 Å². The van der Waals surface area contributed by atoms with E-state index in [1.54, 1.807) is 0 Å². The van der Waals surface area contributed by atoms with Gasteiger partial charge in [-0.3, -0.25) is 5.10 Å². The van der Waals surface area contributed by atoms with E-state index in [9.17, 15) is 0 Å². The molecular weight excluding hydrogens is 176 g/mol. The molecule has 1 atom stereocenters. The van der Waals surface area contributed by atoms with Gasteiger partial charge in [-0.25, -0.2) is 4.98 Å². The SMILES string of the molecule is CCc1nc(C2(CC)CCNC2)n[nH]1. The van der Waals surface area contributed by atoms with Crippen molar-refractivity contribution >= 4 is 0 Å². The highest BCUT2D eigenvalue weighted by Gasteiger charge is 2.37. The molecule has 0 aromatic carbocycles. The zero-order valence-corrected chi connectivity index (χ0v) is 8.93. The molecule has 4 heteroatoms. The Balaban J connectivity index is 2.26. The first-order valence-corrected chi connectivity index (χ1v) is 5.43. The molecule has 0 amide bonds. The van der Waals surface area contributed by atoms with Crippen LogP contribution < -0.4 is 5.32 Å². The van der Waals surface area contributed by atoms with Crippen molar-refractivity contribution in [2.75, 3.05) is 13.1 Å². The highest BCUT2D eigenvalue weighted by atomic mass is 15.2. The molecular formula is C10H18N4. The number of hydrogen-bond acceptors (Lipinski definition) is 3. The number of H-pyrrole nitrogens is 1. The quantitative estimate of drug-likeness (QED) is 0.755. The minimum absolute atomic E-state index is 0.184. The van der Waals surface area contributed by atoms with Crippen molar-refractivity contribution in [3.05, 3.63) is 11.6 Å². The van der Waals surface area contributed by atoms with Gasteiger partial charge in [0.2, 0.25) is 0 Å². The highest BCUT2D eigenvalue weighted by Crippen LogP contribution is 2.31. The van der Waals surface area contributed by atoms with Crippen molar-refractivity contribution in [2.45, 2.75) is 38.5 Å². The minimum Gasteiger partial charge on any atom is -0.316 e. The van der Waals surface area contributed by atoms with Crippen molar-refractivity contribution in [1.82, 2.24) is 20.5 Å². The fourth-order valence-electron chi connectivity index (χ4n) is 2.09. The second-order valence-electron chi connectivity index (χ2n) is 4.02. The summed E-state index contributed by atoms with van der Waals surface area (Å²) in [5.41, 5.74) is 0.184. The summed E-state index contributed by atoms with van der Waals surface area (Å²) in [4.78, 5) is 4.55. The lowest BCUT2D eigenvalue weighted by Gasteiger charge is -2.22. The van der Waals surface area contributed by atoms with Crippen LogP contribution in [-0.4, -0.2) is 28.3 Å². The van der Waals surface area contributed by atoms with E-state index < -0.39 is 0 Å². The standard InChI is InChI=1S/C10H18N4/c1-3-8-12-9(14-13-8)10(4-2)5-6-11-7-10/h11H,3-7H2,1-2H3,(H,12,13,14). The van der Waals surface area contributed by atoms with Crippen LogP contribution in [0.4, 0.5) is 0 Å². The van der Waals surface area contributed by atoms with E-state index in [4.69, 9.17) is 0 Å². The van der Waals surface area contributed by atoms with Gasteiger partial charge in [-0.15, -0.1) is 0 Å². The predicted molar refractivity (Wildman–Crippen MR) is 55.2 cm³/mol. The van der Waals surface area contributed by atoms with Crippen LogP contribution in [-0.2, 0) is 11.8 Å². The Hall–Kier alpha value is -0.900. The molecule has 2 heterocycles. The Labute approximate surface area is 84.5 Å². The smallest absolute Gasteiger partial charge is 0.158 e. The second-order valence-corrected chi connectivity index (χ2v) is 4.02. The lowest BCUT2D eigenvalue weighted by molar-refractivity contribution is 0.427. The number of hydrogen-bond donors (Lipinski definition) is 2. The maximum Gasteiger partial charge on any atom is 0.158 e. The summed E-state index contributed by atoms with van der Waals surface area (Å²) in [6, 6.07) is 0. The van der Waals surface area contributed by atoms with Crippen LogP contribution in [0.15, 0.2) is 0 Å². The van der Waals surface area contributed by atoms with Crippen molar-refractivity contribution in [3.8, 4) is 0 Å². The average molecular weight is 194 g/mol. The first-order valence-electron chi connectivity index (χ1n) is 5.43. The van der Waals surface area contributed by atoms with Gasteiger partial charge in [0.15, 0.2) is 5.82 Å². The van der Waals surface area contributed by atoms with Crippen molar-refractivity contribution < 1.29 is 0 Å². The molecule has 1 fully saturated rings. The number of nitrogens with one attached hydrogen (secondary N) is 2. The molecule has 1 aromatic rings. The number of aryl methyl sites for hydroxylation is 1. The van der Waals surface area contributed by atoms with Gasteiger partial charge in [-0.2, -0.15) is 5.10 Å². The van der Waals surface area contributed by atoms with Crippen LogP contribution >= 0.6 is 0 Å². The fraction of sp³-hybridized carbons (Fsp3) is 0.800. The molecule has 0 aliphatic carbocycles. The second kappa shape index (κ2) is 3.69. The molecule has 2 N–H and O–H groups in total. The van der Waals surface area contributed by atoms with Gasteiger partial charge in [0.1, 0.15) is 5.82 Å². The summed E-state index contributed by atoms with van der Waals surface area (Å²) in [6.07, 6.45) is 3.20. The van der Waals surface area contributed by atoms with E-state index in [1.807, 2.05) is 0 Å². The summed E-state index contributed by atoms with van der Waals surface area (Å²) in [5, 5.41) is 10.7. The molecule has 0 radical (unpaired) electrons. The largest absolute Gasteiger partial charge is 0.316 e. The van der Waals surface area contributed by atoms with Crippen LogP contribution in [0.1, 0.15) is 38.3 Å². The van der Waals surface area contributed by atoms with Gasteiger partial charge in [0, 0.05) is 18.4 Å². The topological polar surface area (TPSA) is 53.6 Å².